The van der Waals surface area contributed by atoms with Gasteiger partial charge in [-0.3, -0.25) is 0 Å². The highest BCUT2D eigenvalue weighted by Gasteiger charge is 2.33. The first-order valence-electron chi connectivity index (χ1n) is 6.47. The van der Waals surface area contributed by atoms with Gasteiger partial charge in [0.15, 0.2) is 11.5 Å². The number of benzene rings is 1. The van der Waals surface area contributed by atoms with E-state index in [2.05, 4.69) is 5.32 Å². The average Bonchev–Trinajstić information content (AvgIpc) is 2.62. The summed E-state index contributed by atoms with van der Waals surface area (Å²) in [6.45, 7) is 5.90. The van der Waals surface area contributed by atoms with Crippen molar-refractivity contribution in [2.75, 3.05) is 13.1 Å². The fourth-order valence-corrected chi connectivity index (χ4v) is 3.00. The third kappa shape index (κ3) is 2.17. The lowest BCUT2D eigenvalue weighted by atomic mass is 9.91. The molecule has 0 saturated carbocycles. The van der Waals surface area contributed by atoms with Crippen LogP contribution < -0.4 is 14.8 Å². The molecule has 1 unspecified atom stereocenters. The van der Waals surface area contributed by atoms with Gasteiger partial charge in [0.2, 0.25) is 5.79 Å². The van der Waals surface area contributed by atoms with Crippen molar-refractivity contribution in [2.24, 2.45) is 0 Å². The number of ether oxygens (including phenoxy) is 2. The first-order chi connectivity index (χ1) is 8.55. The van der Waals surface area contributed by atoms with E-state index in [0.717, 1.165) is 29.6 Å². The molecule has 1 atom stereocenters. The standard InChI is InChI=1S/C14H18ClNO2/c1-14(2)17-12-6-10(9-4-3-5-16-8-9)11(15)7-13(12)18-14/h6-7,9,16H,3-5,8H2,1-2H3. The molecule has 0 spiro atoms. The van der Waals surface area contributed by atoms with E-state index in [1.54, 1.807) is 0 Å². The van der Waals surface area contributed by atoms with Crippen LogP contribution in [0.2, 0.25) is 5.02 Å². The first-order valence-corrected chi connectivity index (χ1v) is 6.85. The van der Waals surface area contributed by atoms with Crippen LogP contribution in [-0.2, 0) is 0 Å². The molecule has 0 aromatic heterocycles. The van der Waals surface area contributed by atoms with E-state index in [1.165, 1.54) is 18.4 Å². The van der Waals surface area contributed by atoms with Crippen molar-refractivity contribution in [3.63, 3.8) is 0 Å². The van der Waals surface area contributed by atoms with E-state index in [9.17, 15) is 0 Å². The quantitative estimate of drug-likeness (QED) is 0.847. The third-order valence-corrected chi connectivity index (χ3v) is 3.84. The molecule has 1 N–H and O–H groups in total. The van der Waals surface area contributed by atoms with Gasteiger partial charge in [0.1, 0.15) is 0 Å². The monoisotopic (exact) mass is 267 g/mol. The molecule has 4 heteroatoms. The Kier molecular flexibility index (Phi) is 2.91. The van der Waals surface area contributed by atoms with Crippen molar-refractivity contribution in [3.05, 3.63) is 22.7 Å². The summed E-state index contributed by atoms with van der Waals surface area (Å²) in [5.41, 5.74) is 1.17. The summed E-state index contributed by atoms with van der Waals surface area (Å²) < 4.78 is 11.5. The lowest BCUT2D eigenvalue weighted by molar-refractivity contribution is -0.0431. The molecule has 3 rings (SSSR count). The highest BCUT2D eigenvalue weighted by Crippen LogP contribution is 2.44. The third-order valence-electron chi connectivity index (χ3n) is 3.51. The first kappa shape index (κ1) is 12.1. The van der Waals surface area contributed by atoms with Gasteiger partial charge in [0, 0.05) is 31.5 Å². The van der Waals surface area contributed by atoms with Crippen molar-refractivity contribution in [1.82, 2.24) is 5.32 Å². The van der Waals surface area contributed by atoms with Gasteiger partial charge in [-0.25, -0.2) is 0 Å². The normalized spacial score (nSPS) is 25.2. The number of fused-ring (bicyclic) bond motifs is 1. The Bertz CT molecular complexity index is 467. The second-order valence-corrected chi connectivity index (χ2v) is 5.87. The summed E-state index contributed by atoms with van der Waals surface area (Å²) in [5, 5.41) is 4.20. The highest BCUT2D eigenvalue weighted by atomic mass is 35.5. The maximum atomic E-state index is 6.37. The predicted octanol–water partition coefficient (Wildman–Crippen LogP) is 3.31. The van der Waals surface area contributed by atoms with Gasteiger partial charge in [-0.1, -0.05) is 11.6 Å². The smallest absolute Gasteiger partial charge is 0.246 e. The maximum absolute atomic E-state index is 6.37. The van der Waals surface area contributed by atoms with Crippen LogP contribution in [0.15, 0.2) is 12.1 Å². The fourth-order valence-electron chi connectivity index (χ4n) is 2.69. The number of halogens is 1. The summed E-state index contributed by atoms with van der Waals surface area (Å²) in [6, 6.07) is 3.93. The summed E-state index contributed by atoms with van der Waals surface area (Å²) in [5.74, 6) is 1.45. The molecule has 0 radical (unpaired) electrons. The lowest BCUT2D eigenvalue weighted by Crippen LogP contribution is -2.29. The Morgan fingerprint density at radius 1 is 1.28 bits per heavy atom. The topological polar surface area (TPSA) is 30.5 Å². The number of nitrogens with one attached hydrogen (secondary N) is 1. The van der Waals surface area contributed by atoms with Crippen molar-refractivity contribution in [3.8, 4) is 11.5 Å². The molecular formula is C14H18ClNO2. The van der Waals surface area contributed by atoms with Crippen LogP contribution in [0.4, 0.5) is 0 Å². The van der Waals surface area contributed by atoms with Crippen molar-refractivity contribution in [1.29, 1.82) is 0 Å². The maximum Gasteiger partial charge on any atom is 0.246 e. The minimum atomic E-state index is -0.588. The molecule has 1 fully saturated rings. The summed E-state index contributed by atoms with van der Waals surface area (Å²) >= 11 is 6.37. The molecule has 3 nitrogen and oxygen atoms in total. The number of hydrogen-bond acceptors (Lipinski definition) is 3. The molecule has 1 aromatic rings. The zero-order valence-electron chi connectivity index (χ0n) is 10.8. The molecule has 18 heavy (non-hydrogen) atoms. The van der Waals surface area contributed by atoms with Gasteiger partial charge in [-0.15, -0.1) is 0 Å². The van der Waals surface area contributed by atoms with Crippen LogP contribution in [0.1, 0.15) is 38.2 Å². The average molecular weight is 268 g/mol. The number of hydrogen-bond donors (Lipinski definition) is 1. The molecular weight excluding hydrogens is 250 g/mol. The van der Waals surface area contributed by atoms with Gasteiger partial charge in [0.05, 0.1) is 0 Å². The van der Waals surface area contributed by atoms with Crippen molar-refractivity contribution < 1.29 is 9.47 Å². The Morgan fingerprint density at radius 3 is 2.67 bits per heavy atom. The largest absolute Gasteiger partial charge is 0.449 e. The Morgan fingerprint density at radius 2 is 2.00 bits per heavy atom. The zero-order chi connectivity index (χ0) is 12.8. The summed E-state index contributed by atoms with van der Waals surface area (Å²) in [6.07, 6.45) is 2.37. The SMILES string of the molecule is CC1(C)Oc2cc(Cl)c(C3CCCNC3)cc2O1. The minimum Gasteiger partial charge on any atom is -0.449 e. The van der Waals surface area contributed by atoms with Crippen LogP contribution in [0, 0.1) is 0 Å². The van der Waals surface area contributed by atoms with Crippen LogP contribution in [-0.4, -0.2) is 18.9 Å². The van der Waals surface area contributed by atoms with Crippen LogP contribution in [0.5, 0.6) is 11.5 Å². The summed E-state index contributed by atoms with van der Waals surface area (Å²) in [4.78, 5) is 0. The molecule has 98 valence electrons. The molecule has 2 aliphatic rings. The van der Waals surface area contributed by atoms with Gasteiger partial charge in [0.25, 0.3) is 0 Å². The van der Waals surface area contributed by atoms with E-state index in [-0.39, 0.29) is 0 Å². The second-order valence-electron chi connectivity index (χ2n) is 5.47. The summed E-state index contributed by atoms with van der Waals surface area (Å²) in [7, 11) is 0. The van der Waals surface area contributed by atoms with Crippen LogP contribution in [0.3, 0.4) is 0 Å². The molecule has 1 saturated heterocycles. The van der Waals surface area contributed by atoms with E-state index in [1.807, 2.05) is 26.0 Å². The predicted molar refractivity (Wildman–Crippen MR) is 71.6 cm³/mol. The molecule has 0 aliphatic carbocycles. The molecule has 1 aromatic carbocycles. The van der Waals surface area contributed by atoms with Crippen LogP contribution >= 0.6 is 11.6 Å². The van der Waals surface area contributed by atoms with Crippen molar-refractivity contribution >= 4 is 11.6 Å². The number of rotatable bonds is 1. The lowest BCUT2D eigenvalue weighted by Gasteiger charge is -2.24. The Labute approximate surface area is 112 Å². The Hall–Kier alpha value is -0.930. The van der Waals surface area contributed by atoms with E-state index < -0.39 is 5.79 Å². The zero-order valence-corrected chi connectivity index (χ0v) is 11.5. The minimum absolute atomic E-state index is 0.476. The van der Waals surface area contributed by atoms with Gasteiger partial charge in [-0.05, 0) is 36.9 Å². The van der Waals surface area contributed by atoms with Gasteiger partial charge < -0.3 is 14.8 Å². The molecule has 0 bridgehead atoms. The highest BCUT2D eigenvalue weighted by molar-refractivity contribution is 6.31. The molecule has 2 heterocycles. The van der Waals surface area contributed by atoms with E-state index in [4.69, 9.17) is 21.1 Å². The van der Waals surface area contributed by atoms with E-state index >= 15 is 0 Å². The fraction of sp³-hybridized carbons (Fsp3) is 0.571. The molecule has 0 amide bonds. The van der Waals surface area contributed by atoms with Crippen molar-refractivity contribution in [2.45, 2.75) is 38.4 Å². The second kappa shape index (κ2) is 4.32. The van der Waals surface area contributed by atoms with E-state index in [0.29, 0.717) is 5.92 Å². The Balaban J connectivity index is 1.93. The van der Waals surface area contributed by atoms with Gasteiger partial charge in [-0.2, -0.15) is 0 Å². The van der Waals surface area contributed by atoms with Crippen LogP contribution in [0.25, 0.3) is 0 Å². The number of piperidine rings is 1. The van der Waals surface area contributed by atoms with Gasteiger partial charge >= 0.3 is 0 Å². The molecule has 2 aliphatic heterocycles.